The summed E-state index contributed by atoms with van der Waals surface area (Å²) in [5.41, 5.74) is 3.37. The highest BCUT2D eigenvalue weighted by Crippen LogP contribution is 2.40. The van der Waals surface area contributed by atoms with Crippen molar-refractivity contribution in [3.63, 3.8) is 0 Å². The lowest BCUT2D eigenvalue weighted by molar-refractivity contribution is 0.639. The maximum absolute atomic E-state index is 6.02. The molecule has 22 heavy (non-hydrogen) atoms. The lowest BCUT2D eigenvalue weighted by Crippen LogP contribution is -2.05. The first-order valence-corrected chi connectivity index (χ1v) is 8.90. The first-order chi connectivity index (χ1) is 10.6. The Kier molecular flexibility index (Phi) is 7.08. The van der Waals surface area contributed by atoms with Crippen LogP contribution in [0.3, 0.4) is 0 Å². The van der Waals surface area contributed by atoms with Crippen molar-refractivity contribution in [3.05, 3.63) is 71.3 Å². The van der Waals surface area contributed by atoms with Crippen molar-refractivity contribution in [2.24, 2.45) is 0 Å². The molecule has 0 nitrogen and oxygen atoms in total. The third-order valence-electron chi connectivity index (χ3n) is 3.83. The van der Waals surface area contributed by atoms with E-state index in [4.69, 9.17) is 34.8 Å². The zero-order valence-electron chi connectivity index (χ0n) is 12.6. The van der Waals surface area contributed by atoms with Gasteiger partial charge >= 0.3 is 0 Å². The van der Waals surface area contributed by atoms with Crippen LogP contribution in [0.5, 0.6) is 0 Å². The Labute approximate surface area is 148 Å². The molecule has 0 amide bonds. The number of halogens is 3. The summed E-state index contributed by atoms with van der Waals surface area (Å²) in [6.45, 7) is 0. The normalized spacial score (nSPS) is 11.6. The maximum atomic E-state index is 6.02. The van der Waals surface area contributed by atoms with E-state index in [1.54, 1.807) is 0 Å². The number of hydrogen-bond acceptors (Lipinski definition) is 0. The topological polar surface area (TPSA) is 0 Å². The fourth-order valence-corrected chi connectivity index (χ4v) is 3.21. The van der Waals surface area contributed by atoms with Crippen LogP contribution >= 0.6 is 34.8 Å². The highest BCUT2D eigenvalue weighted by Gasteiger charge is 2.25. The van der Waals surface area contributed by atoms with Crippen LogP contribution < -0.4 is 0 Å². The summed E-state index contributed by atoms with van der Waals surface area (Å²) in [7, 11) is 0. The molecule has 0 unspecified atom stereocenters. The molecule has 118 valence electrons. The van der Waals surface area contributed by atoms with E-state index in [1.807, 2.05) is 18.2 Å². The molecule has 0 aliphatic carbocycles. The average molecular weight is 356 g/mol. The van der Waals surface area contributed by atoms with E-state index in [1.165, 1.54) is 24.8 Å². The van der Waals surface area contributed by atoms with Gasteiger partial charge in [0, 0.05) is 5.56 Å². The third-order valence-corrected chi connectivity index (χ3v) is 4.44. The summed E-state index contributed by atoms with van der Waals surface area (Å²) >= 11 is 18.1. The minimum absolute atomic E-state index is 0.810. The van der Waals surface area contributed by atoms with Crippen LogP contribution in [-0.2, 0) is 16.6 Å². The number of alkyl halides is 3. The van der Waals surface area contributed by atoms with Gasteiger partial charge in [0.25, 0.3) is 0 Å². The summed E-state index contributed by atoms with van der Waals surface area (Å²) in [5, 5.41) is 0. The molecule has 0 saturated heterocycles. The SMILES string of the molecule is ClC(Cl)(Cl)c1ccccc1CCCCCCc1ccccc1. The van der Waals surface area contributed by atoms with Gasteiger partial charge in [0.15, 0.2) is 0 Å². The number of hydrogen-bond donors (Lipinski definition) is 0. The first kappa shape index (κ1) is 17.7. The van der Waals surface area contributed by atoms with Crippen molar-refractivity contribution >= 4 is 34.8 Å². The van der Waals surface area contributed by atoms with E-state index in [0.717, 1.165) is 30.4 Å². The number of aryl methyl sites for hydroxylation is 2. The van der Waals surface area contributed by atoms with Crippen molar-refractivity contribution in [2.45, 2.75) is 42.3 Å². The zero-order valence-corrected chi connectivity index (χ0v) is 14.8. The second kappa shape index (κ2) is 8.82. The van der Waals surface area contributed by atoms with Gasteiger partial charge in [0.1, 0.15) is 0 Å². The second-order valence-corrected chi connectivity index (χ2v) is 7.84. The molecule has 3 heteroatoms. The highest BCUT2D eigenvalue weighted by molar-refractivity contribution is 6.66. The van der Waals surface area contributed by atoms with Gasteiger partial charge < -0.3 is 0 Å². The lowest BCUT2D eigenvalue weighted by atomic mass is 10.0. The Balaban J connectivity index is 1.71. The minimum atomic E-state index is -1.33. The lowest BCUT2D eigenvalue weighted by Gasteiger charge is -2.16. The van der Waals surface area contributed by atoms with E-state index in [0.29, 0.717) is 0 Å². The van der Waals surface area contributed by atoms with Crippen LogP contribution in [-0.4, -0.2) is 0 Å². The molecular formula is C19H21Cl3. The molecule has 0 aliphatic heterocycles. The number of unbranched alkanes of at least 4 members (excludes halogenated alkanes) is 3. The average Bonchev–Trinajstić information content (AvgIpc) is 2.51. The van der Waals surface area contributed by atoms with Gasteiger partial charge in [0.2, 0.25) is 3.79 Å². The van der Waals surface area contributed by atoms with Crippen molar-refractivity contribution in [1.82, 2.24) is 0 Å². The van der Waals surface area contributed by atoms with Crippen LogP contribution in [0.2, 0.25) is 0 Å². The van der Waals surface area contributed by atoms with Crippen molar-refractivity contribution in [1.29, 1.82) is 0 Å². The fraction of sp³-hybridized carbons (Fsp3) is 0.368. The predicted molar refractivity (Wildman–Crippen MR) is 98.0 cm³/mol. The molecule has 2 aromatic carbocycles. The quantitative estimate of drug-likeness (QED) is 0.376. The molecule has 0 fully saturated rings. The molecule has 0 heterocycles. The van der Waals surface area contributed by atoms with E-state index in [9.17, 15) is 0 Å². The van der Waals surface area contributed by atoms with Gasteiger partial charge in [-0.3, -0.25) is 0 Å². The summed E-state index contributed by atoms with van der Waals surface area (Å²) in [6, 6.07) is 18.5. The molecule has 0 N–H and O–H groups in total. The van der Waals surface area contributed by atoms with Crippen molar-refractivity contribution < 1.29 is 0 Å². The van der Waals surface area contributed by atoms with Gasteiger partial charge in [-0.2, -0.15) is 0 Å². The molecular weight excluding hydrogens is 335 g/mol. The van der Waals surface area contributed by atoms with Crippen molar-refractivity contribution in [3.8, 4) is 0 Å². The summed E-state index contributed by atoms with van der Waals surface area (Å²) in [6.07, 6.45) is 6.94. The van der Waals surface area contributed by atoms with E-state index in [-0.39, 0.29) is 0 Å². The standard InChI is InChI=1S/C19H21Cl3/c20-19(21,22)18-15-9-8-14-17(18)13-7-2-1-4-10-16-11-5-3-6-12-16/h3,5-6,8-9,11-12,14-15H,1-2,4,7,10,13H2. The van der Waals surface area contributed by atoms with Crippen LogP contribution in [0.15, 0.2) is 54.6 Å². The molecule has 0 spiro atoms. The Hall–Kier alpha value is -0.690. The van der Waals surface area contributed by atoms with Crippen LogP contribution in [0.25, 0.3) is 0 Å². The van der Waals surface area contributed by atoms with Crippen molar-refractivity contribution in [2.75, 3.05) is 0 Å². The molecule has 0 aromatic heterocycles. The first-order valence-electron chi connectivity index (χ1n) is 7.76. The van der Waals surface area contributed by atoms with E-state index < -0.39 is 3.79 Å². The summed E-state index contributed by atoms with van der Waals surface area (Å²) in [4.78, 5) is 0. The Morgan fingerprint density at radius 3 is 1.91 bits per heavy atom. The molecule has 0 saturated carbocycles. The zero-order chi connectivity index (χ0) is 15.8. The molecule has 0 radical (unpaired) electrons. The van der Waals surface area contributed by atoms with E-state index in [2.05, 4.69) is 36.4 Å². The molecule has 0 atom stereocenters. The van der Waals surface area contributed by atoms with Crippen LogP contribution in [0.4, 0.5) is 0 Å². The highest BCUT2D eigenvalue weighted by atomic mass is 35.6. The van der Waals surface area contributed by atoms with Gasteiger partial charge in [-0.25, -0.2) is 0 Å². The fourth-order valence-electron chi connectivity index (χ4n) is 2.66. The Bertz CT molecular complexity index is 558. The number of rotatable bonds is 7. The Morgan fingerprint density at radius 1 is 0.636 bits per heavy atom. The maximum Gasteiger partial charge on any atom is 0.216 e. The van der Waals surface area contributed by atoms with Gasteiger partial charge in [-0.05, 0) is 36.8 Å². The predicted octanol–water partition coefficient (Wildman–Crippen LogP) is 6.86. The van der Waals surface area contributed by atoms with Crippen LogP contribution in [0, 0.1) is 0 Å². The molecule has 2 rings (SSSR count). The van der Waals surface area contributed by atoms with Gasteiger partial charge in [0.05, 0.1) is 0 Å². The van der Waals surface area contributed by atoms with Gasteiger partial charge in [-0.1, -0.05) is 102 Å². The third kappa shape index (κ3) is 5.83. The summed E-state index contributed by atoms with van der Waals surface area (Å²) in [5.74, 6) is 0. The number of benzene rings is 2. The molecule has 2 aromatic rings. The molecule has 0 bridgehead atoms. The van der Waals surface area contributed by atoms with E-state index >= 15 is 0 Å². The largest absolute Gasteiger partial charge is 0.216 e. The van der Waals surface area contributed by atoms with Gasteiger partial charge in [-0.15, -0.1) is 0 Å². The smallest absolute Gasteiger partial charge is 0.0784 e. The van der Waals surface area contributed by atoms with Crippen LogP contribution in [0.1, 0.15) is 42.4 Å². The summed E-state index contributed by atoms with van der Waals surface area (Å²) < 4.78 is -1.33. The second-order valence-electron chi connectivity index (χ2n) is 5.55. The Morgan fingerprint density at radius 2 is 1.23 bits per heavy atom. The monoisotopic (exact) mass is 354 g/mol. The molecule has 0 aliphatic rings. The minimum Gasteiger partial charge on any atom is -0.0784 e.